The van der Waals surface area contributed by atoms with E-state index >= 15 is 0 Å². The number of methoxy groups -OCH3 is 1. The Morgan fingerprint density at radius 1 is 1.10 bits per heavy atom. The monoisotopic (exact) mass is 268 g/mol. The zero-order chi connectivity index (χ0) is 13.9. The van der Waals surface area contributed by atoms with Gasteiger partial charge in [0.2, 0.25) is 0 Å². The third-order valence-corrected chi connectivity index (χ3v) is 4.20. The summed E-state index contributed by atoms with van der Waals surface area (Å²) in [4.78, 5) is 0. The maximum absolute atomic E-state index is 9.33. The lowest BCUT2D eigenvalue weighted by molar-refractivity contribution is 0.410. The Morgan fingerprint density at radius 2 is 1.90 bits per heavy atom. The topological polar surface area (TPSA) is 29.5 Å². The second kappa shape index (κ2) is 5.58. The Bertz CT molecular complexity index is 587. The normalized spacial score (nSPS) is 17.6. The van der Waals surface area contributed by atoms with Crippen molar-refractivity contribution < 1.29 is 9.84 Å². The van der Waals surface area contributed by atoms with Crippen molar-refractivity contribution in [2.24, 2.45) is 5.92 Å². The average Bonchev–Trinajstić information content (AvgIpc) is 2.49. The van der Waals surface area contributed by atoms with Crippen molar-refractivity contribution in [3.05, 3.63) is 59.2 Å². The third kappa shape index (κ3) is 2.79. The van der Waals surface area contributed by atoms with Crippen LogP contribution in [0.1, 0.15) is 23.1 Å². The molecule has 20 heavy (non-hydrogen) atoms. The minimum Gasteiger partial charge on any atom is -0.508 e. The first kappa shape index (κ1) is 13.0. The number of phenols is 1. The number of aryl methyl sites for hydroxylation is 1. The molecule has 0 unspecified atom stereocenters. The SMILES string of the molecule is COc1ccc2c(c1)CC[C@H](Cc1ccc(O)cc1)C2. The summed E-state index contributed by atoms with van der Waals surface area (Å²) in [6.45, 7) is 0. The second-order valence-corrected chi connectivity index (χ2v) is 5.61. The highest BCUT2D eigenvalue weighted by Crippen LogP contribution is 2.30. The highest BCUT2D eigenvalue weighted by Gasteiger charge is 2.19. The van der Waals surface area contributed by atoms with E-state index in [9.17, 15) is 5.11 Å². The molecule has 0 bridgehead atoms. The third-order valence-electron chi connectivity index (χ3n) is 4.20. The van der Waals surface area contributed by atoms with Crippen LogP contribution < -0.4 is 4.74 Å². The van der Waals surface area contributed by atoms with Crippen molar-refractivity contribution >= 4 is 0 Å². The number of hydrogen-bond donors (Lipinski definition) is 1. The van der Waals surface area contributed by atoms with Gasteiger partial charge in [0.1, 0.15) is 11.5 Å². The highest BCUT2D eigenvalue weighted by molar-refractivity contribution is 5.37. The number of rotatable bonds is 3. The van der Waals surface area contributed by atoms with E-state index in [-0.39, 0.29) is 0 Å². The molecular weight excluding hydrogens is 248 g/mol. The average molecular weight is 268 g/mol. The summed E-state index contributed by atoms with van der Waals surface area (Å²) in [6, 6.07) is 14.0. The van der Waals surface area contributed by atoms with E-state index in [1.165, 1.54) is 23.1 Å². The molecule has 1 aliphatic rings. The Labute approximate surface area is 120 Å². The highest BCUT2D eigenvalue weighted by atomic mass is 16.5. The molecule has 0 fully saturated rings. The molecule has 2 heteroatoms. The second-order valence-electron chi connectivity index (χ2n) is 5.61. The van der Waals surface area contributed by atoms with Gasteiger partial charge in [-0.1, -0.05) is 18.2 Å². The van der Waals surface area contributed by atoms with Gasteiger partial charge >= 0.3 is 0 Å². The first-order valence-electron chi connectivity index (χ1n) is 7.18. The molecule has 3 rings (SSSR count). The van der Waals surface area contributed by atoms with Gasteiger partial charge in [-0.3, -0.25) is 0 Å². The number of aromatic hydroxyl groups is 1. The van der Waals surface area contributed by atoms with Crippen LogP contribution in [-0.4, -0.2) is 12.2 Å². The lowest BCUT2D eigenvalue weighted by Gasteiger charge is -2.25. The van der Waals surface area contributed by atoms with Crippen LogP contribution in [0, 0.1) is 5.92 Å². The molecule has 0 saturated carbocycles. The minimum absolute atomic E-state index is 0.342. The summed E-state index contributed by atoms with van der Waals surface area (Å²) >= 11 is 0. The maximum atomic E-state index is 9.33. The van der Waals surface area contributed by atoms with Crippen LogP contribution in [0.3, 0.4) is 0 Å². The largest absolute Gasteiger partial charge is 0.508 e. The number of phenolic OH excluding ortho intramolecular Hbond substituents is 1. The van der Waals surface area contributed by atoms with Gasteiger partial charge in [0.05, 0.1) is 7.11 Å². The molecule has 0 aromatic heterocycles. The van der Waals surface area contributed by atoms with Crippen LogP contribution in [0.4, 0.5) is 0 Å². The van der Waals surface area contributed by atoms with Gasteiger partial charge in [-0.05, 0) is 72.6 Å². The molecular formula is C18H20O2. The summed E-state index contributed by atoms with van der Waals surface area (Å²) in [5.74, 6) is 2.00. The lowest BCUT2D eigenvalue weighted by atomic mass is 9.81. The van der Waals surface area contributed by atoms with Gasteiger partial charge in [0.25, 0.3) is 0 Å². The smallest absolute Gasteiger partial charge is 0.119 e. The zero-order valence-electron chi connectivity index (χ0n) is 11.8. The summed E-state index contributed by atoms with van der Waals surface area (Å²) in [5, 5.41) is 9.33. The van der Waals surface area contributed by atoms with Crippen LogP contribution in [0.15, 0.2) is 42.5 Å². The van der Waals surface area contributed by atoms with E-state index in [0.717, 1.165) is 25.0 Å². The molecule has 104 valence electrons. The Morgan fingerprint density at radius 3 is 2.65 bits per heavy atom. The van der Waals surface area contributed by atoms with Crippen molar-refractivity contribution in [1.82, 2.24) is 0 Å². The van der Waals surface area contributed by atoms with Gasteiger partial charge in [0.15, 0.2) is 0 Å². The van der Waals surface area contributed by atoms with Crippen LogP contribution in [-0.2, 0) is 19.3 Å². The summed E-state index contributed by atoms with van der Waals surface area (Å²) in [7, 11) is 1.72. The van der Waals surface area contributed by atoms with E-state index in [1.54, 1.807) is 19.2 Å². The first-order chi connectivity index (χ1) is 9.74. The van der Waals surface area contributed by atoms with Gasteiger partial charge in [-0.25, -0.2) is 0 Å². The molecule has 1 N–H and O–H groups in total. The van der Waals surface area contributed by atoms with E-state index in [2.05, 4.69) is 18.2 Å². The van der Waals surface area contributed by atoms with E-state index in [4.69, 9.17) is 4.74 Å². The van der Waals surface area contributed by atoms with Crippen molar-refractivity contribution in [3.63, 3.8) is 0 Å². The fourth-order valence-corrected chi connectivity index (χ4v) is 3.07. The predicted molar refractivity (Wildman–Crippen MR) is 80.3 cm³/mol. The van der Waals surface area contributed by atoms with Crippen molar-refractivity contribution in [3.8, 4) is 11.5 Å². The summed E-state index contributed by atoms with van der Waals surface area (Å²) < 4.78 is 5.29. The van der Waals surface area contributed by atoms with Crippen molar-refractivity contribution in [1.29, 1.82) is 0 Å². The summed E-state index contributed by atoms with van der Waals surface area (Å²) in [6.07, 6.45) is 4.59. The van der Waals surface area contributed by atoms with Crippen molar-refractivity contribution in [2.45, 2.75) is 25.7 Å². The molecule has 0 spiro atoms. The predicted octanol–water partition coefficient (Wildman–Crippen LogP) is 3.75. The molecule has 2 aromatic rings. The molecule has 1 aliphatic carbocycles. The molecule has 2 aromatic carbocycles. The molecule has 2 nitrogen and oxygen atoms in total. The summed E-state index contributed by atoms with van der Waals surface area (Å²) in [5.41, 5.74) is 4.21. The fraction of sp³-hybridized carbons (Fsp3) is 0.333. The molecule has 0 heterocycles. The van der Waals surface area contributed by atoms with Gasteiger partial charge in [-0.2, -0.15) is 0 Å². The maximum Gasteiger partial charge on any atom is 0.119 e. The standard InChI is InChI=1S/C18H20O2/c1-20-18-9-6-15-11-14(2-5-16(15)12-18)10-13-3-7-17(19)8-4-13/h3-4,6-9,12,14,19H,2,5,10-11H2,1H3/t14-/m1/s1. The van der Waals surface area contributed by atoms with Gasteiger partial charge < -0.3 is 9.84 Å². The molecule has 0 saturated heterocycles. The van der Waals surface area contributed by atoms with Crippen LogP contribution in [0.25, 0.3) is 0 Å². The number of benzene rings is 2. The molecule has 0 aliphatic heterocycles. The van der Waals surface area contributed by atoms with Crippen molar-refractivity contribution in [2.75, 3.05) is 7.11 Å². The Kier molecular flexibility index (Phi) is 3.64. The van der Waals surface area contributed by atoms with E-state index in [1.807, 2.05) is 12.1 Å². The molecule has 0 amide bonds. The number of ether oxygens (including phenoxy) is 1. The molecule has 1 atom stereocenters. The fourth-order valence-electron chi connectivity index (χ4n) is 3.07. The van der Waals surface area contributed by atoms with E-state index in [0.29, 0.717) is 11.7 Å². The number of hydrogen-bond acceptors (Lipinski definition) is 2. The quantitative estimate of drug-likeness (QED) is 0.918. The zero-order valence-corrected chi connectivity index (χ0v) is 11.8. The van der Waals surface area contributed by atoms with Crippen LogP contribution in [0.5, 0.6) is 11.5 Å². The lowest BCUT2D eigenvalue weighted by Crippen LogP contribution is -2.16. The van der Waals surface area contributed by atoms with Crippen LogP contribution in [0.2, 0.25) is 0 Å². The first-order valence-corrected chi connectivity index (χ1v) is 7.18. The van der Waals surface area contributed by atoms with Crippen LogP contribution >= 0.6 is 0 Å². The Balaban J connectivity index is 1.70. The number of fused-ring (bicyclic) bond motifs is 1. The minimum atomic E-state index is 0.342. The molecule has 0 radical (unpaired) electrons. The van der Waals surface area contributed by atoms with Gasteiger partial charge in [0, 0.05) is 0 Å². The van der Waals surface area contributed by atoms with Gasteiger partial charge in [-0.15, -0.1) is 0 Å². The Hall–Kier alpha value is -1.96. The van der Waals surface area contributed by atoms with E-state index < -0.39 is 0 Å².